The first-order chi connectivity index (χ1) is 8.54. The molecule has 1 N–H and O–H groups in total. The van der Waals surface area contributed by atoms with Crippen LogP contribution in [0.3, 0.4) is 0 Å². The molecule has 0 aliphatic rings. The zero-order valence-electron chi connectivity index (χ0n) is 11.1. The van der Waals surface area contributed by atoms with Crippen molar-refractivity contribution in [3.63, 3.8) is 0 Å². The fourth-order valence-electron chi connectivity index (χ4n) is 2.27. The molecule has 0 bridgehead atoms. The average Bonchev–Trinajstić information content (AvgIpc) is 2.83. The van der Waals surface area contributed by atoms with E-state index in [1.807, 2.05) is 13.8 Å². The second-order valence-electron chi connectivity index (χ2n) is 4.39. The summed E-state index contributed by atoms with van der Waals surface area (Å²) < 4.78 is 6.92. The van der Waals surface area contributed by atoms with E-state index in [1.54, 1.807) is 11.3 Å². The molecule has 1 atom stereocenters. The number of hydrogen-bond donors (Lipinski definition) is 1. The quantitative estimate of drug-likeness (QED) is 0.878. The Labute approximate surface area is 121 Å². The minimum Gasteiger partial charge on any atom is -0.466 e. The number of furan rings is 1. The normalized spacial score (nSPS) is 12.9. The van der Waals surface area contributed by atoms with Crippen LogP contribution in [0.4, 0.5) is 0 Å². The maximum Gasteiger partial charge on any atom is 0.106 e. The van der Waals surface area contributed by atoms with Crippen LogP contribution in [-0.4, -0.2) is 6.54 Å². The van der Waals surface area contributed by atoms with Gasteiger partial charge < -0.3 is 9.73 Å². The van der Waals surface area contributed by atoms with Crippen LogP contribution in [0.25, 0.3) is 0 Å². The Hall–Kier alpha value is -0.580. The molecule has 0 saturated carbocycles. The lowest BCUT2D eigenvalue weighted by atomic mass is 10.0. The molecule has 2 nitrogen and oxygen atoms in total. The van der Waals surface area contributed by atoms with E-state index in [-0.39, 0.29) is 6.04 Å². The van der Waals surface area contributed by atoms with E-state index < -0.39 is 0 Å². The van der Waals surface area contributed by atoms with E-state index in [0.29, 0.717) is 0 Å². The fraction of sp³-hybridized carbons (Fsp3) is 0.429. The minimum atomic E-state index is 0.226. The molecule has 0 fully saturated rings. The number of halogens is 1. The molecule has 0 aromatic carbocycles. The number of aryl methyl sites for hydroxylation is 2. The van der Waals surface area contributed by atoms with Crippen LogP contribution < -0.4 is 5.32 Å². The first-order valence-electron chi connectivity index (χ1n) is 6.09. The van der Waals surface area contributed by atoms with Gasteiger partial charge >= 0.3 is 0 Å². The SMILES string of the molecule is CCNC(c1ccc(Br)s1)c1c(C)oc(C)c1C. The van der Waals surface area contributed by atoms with Gasteiger partial charge in [0.2, 0.25) is 0 Å². The van der Waals surface area contributed by atoms with Crippen molar-refractivity contribution in [2.24, 2.45) is 0 Å². The molecule has 0 spiro atoms. The summed E-state index contributed by atoms with van der Waals surface area (Å²) in [5.41, 5.74) is 2.53. The van der Waals surface area contributed by atoms with Crippen molar-refractivity contribution in [2.75, 3.05) is 6.54 Å². The summed E-state index contributed by atoms with van der Waals surface area (Å²) in [6, 6.07) is 4.49. The van der Waals surface area contributed by atoms with Gasteiger partial charge in [-0.15, -0.1) is 11.3 Å². The van der Waals surface area contributed by atoms with Crippen molar-refractivity contribution in [3.8, 4) is 0 Å². The van der Waals surface area contributed by atoms with E-state index in [4.69, 9.17) is 4.42 Å². The average molecular weight is 328 g/mol. The maximum atomic E-state index is 5.75. The van der Waals surface area contributed by atoms with Crippen LogP contribution in [0.1, 0.15) is 40.5 Å². The Morgan fingerprint density at radius 3 is 2.44 bits per heavy atom. The molecule has 4 heteroatoms. The summed E-state index contributed by atoms with van der Waals surface area (Å²) in [5, 5.41) is 3.55. The molecule has 2 aromatic rings. The van der Waals surface area contributed by atoms with Crippen LogP contribution in [0.5, 0.6) is 0 Å². The third-order valence-corrected chi connectivity index (χ3v) is 4.88. The highest BCUT2D eigenvalue weighted by Gasteiger charge is 2.23. The van der Waals surface area contributed by atoms with Crippen LogP contribution in [0.2, 0.25) is 0 Å². The lowest BCUT2D eigenvalue weighted by molar-refractivity contribution is 0.494. The van der Waals surface area contributed by atoms with Crippen LogP contribution in [-0.2, 0) is 0 Å². The molecule has 1 unspecified atom stereocenters. The fourth-order valence-corrected chi connectivity index (χ4v) is 3.78. The van der Waals surface area contributed by atoms with Crippen molar-refractivity contribution in [3.05, 3.63) is 43.4 Å². The van der Waals surface area contributed by atoms with Gasteiger partial charge in [-0.3, -0.25) is 0 Å². The highest BCUT2D eigenvalue weighted by atomic mass is 79.9. The number of nitrogens with one attached hydrogen (secondary N) is 1. The van der Waals surface area contributed by atoms with E-state index in [1.165, 1.54) is 16.0 Å². The molecule has 0 saturated heterocycles. The van der Waals surface area contributed by atoms with Gasteiger partial charge in [-0.25, -0.2) is 0 Å². The third kappa shape index (κ3) is 2.56. The third-order valence-electron chi connectivity index (χ3n) is 3.19. The highest BCUT2D eigenvalue weighted by Crippen LogP contribution is 2.35. The predicted molar refractivity (Wildman–Crippen MR) is 80.5 cm³/mol. The van der Waals surface area contributed by atoms with E-state index in [9.17, 15) is 0 Å². The monoisotopic (exact) mass is 327 g/mol. The van der Waals surface area contributed by atoms with Gasteiger partial charge in [-0.1, -0.05) is 6.92 Å². The molecule has 0 aliphatic heterocycles. The number of hydrogen-bond acceptors (Lipinski definition) is 3. The minimum absolute atomic E-state index is 0.226. The van der Waals surface area contributed by atoms with Crippen molar-refractivity contribution < 1.29 is 4.42 Å². The van der Waals surface area contributed by atoms with Gasteiger partial charge in [-0.05, 0) is 60.9 Å². The molecule has 0 radical (unpaired) electrons. The van der Waals surface area contributed by atoms with Crippen molar-refractivity contribution >= 4 is 27.3 Å². The summed E-state index contributed by atoms with van der Waals surface area (Å²) >= 11 is 5.30. The van der Waals surface area contributed by atoms with Gasteiger partial charge in [0.05, 0.1) is 9.83 Å². The van der Waals surface area contributed by atoms with Gasteiger partial charge in [0, 0.05) is 10.4 Å². The molecule has 2 aromatic heterocycles. The summed E-state index contributed by atoms with van der Waals surface area (Å²) in [6.07, 6.45) is 0. The van der Waals surface area contributed by atoms with E-state index in [0.717, 1.165) is 21.9 Å². The Balaban J connectivity index is 2.47. The summed E-state index contributed by atoms with van der Waals surface area (Å²) in [4.78, 5) is 1.32. The van der Waals surface area contributed by atoms with Gasteiger partial charge in [-0.2, -0.15) is 0 Å². The van der Waals surface area contributed by atoms with Crippen LogP contribution in [0.15, 0.2) is 20.3 Å². The molecule has 2 rings (SSSR count). The zero-order chi connectivity index (χ0) is 13.3. The maximum absolute atomic E-state index is 5.75. The Kier molecular flexibility index (Phi) is 4.30. The summed E-state index contributed by atoms with van der Waals surface area (Å²) in [5.74, 6) is 2.03. The second-order valence-corrected chi connectivity index (χ2v) is 6.88. The predicted octanol–water partition coefficient (Wildman–Crippen LogP) is 4.73. The Morgan fingerprint density at radius 2 is 2.00 bits per heavy atom. The molecule has 0 amide bonds. The first-order valence-corrected chi connectivity index (χ1v) is 7.70. The van der Waals surface area contributed by atoms with Gasteiger partial charge in [0.15, 0.2) is 0 Å². The number of rotatable bonds is 4. The lowest BCUT2D eigenvalue weighted by Gasteiger charge is -2.17. The number of thiophene rings is 1. The Bertz CT molecular complexity index is 544. The smallest absolute Gasteiger partial charge is 0.106 e. The lowest BCUT2D eigenvalue weighted by Crippen LogP contribution is -2.22. The first kappa shape index (κ1) is 13.8. The van der Waals surface area contributed by atoms with Crippen LogP contribution in [0, 0.1) is 20.8 Å². The molecular formula is C14H18BrNOS. The topological polar surface area (TPSA) is 25.2 Å². The second kappa shape index (κ2) is 5.59. The van der Waals surface area contributed by atoms with E-state index in [2.05, 4.69) is 47.2 Å². The van der Waals surface area contributed by atoms with Gasteiger partial charge in [0.25, 0.3) is 0 Å². The van der Waals surface area contributed by atoms with Crippen LogP contribution >= 0.6 is 27.3 Å². The molecule has 98 valence electrons. The molecular weight excluding hydrogens is 310 g/mol. The molecule has 18 heavy (non-hydrogen) atoms. The largest absolute Gasteiger partial charge is 0.466 e. The highest BCUT2D eigenvalue weighted by molar-refractivity contribution is 9.11. The Morgan fingerprint density at radius 1 is 1.28 bits per heavy atom. The summed E-state index contributed by atoms with van der Waals surface area (Å²) in [7, 11) is 0. The van der Waals surface area contributed by atoms with Crippen molar-refractivity contribution in [1.29, 1.82) is 0 Å². The van der Waals surface area contributed by atoms with E-state index >= 15 is 0 Å². The zero-order valence-corrected chi connectivity index (χ0v) is 13.5. The standard InChI is InChI=1S/C14H18BrNOS/c1-5-16-14(11-6-7-12(15)18-11)13-8(2)9(3)17-10(13)4/h6-7,14,16H,5H2,1-4H3. The molecule has 2 heterocycles. The summed E-state index contributed by atoms with van der Waals surface area (Å²) in [6.45, 7) is 9.27. The van der Waals surface area contributed by atoms with Crippen molar-refractivity contribution in [2.45, 2.75) is 33.7 Å². The van der Waals surface area contributed by atoms with Gasteiger partial charge in [0.1, 0.15) is 11.5 Å². The van der Waals surface area contributed by atoms with Crippen molar-refractivity contribution in [1.82, 2.24) is 5.32 Å². The molecule has 0 aliphatic carbocycles.